The van der Waals surface area contributed by atoms with Crippen molar-refractivity contribution in [2.24, 2.45) is 5.73 Å². The Hall–Kier alpha value is -2.56. The minimum Gasteiger partial charge on any atom is -0.376 e. The maximum atomic E-state index is 13.6. The molecule has 0 saturated heterocycles. The van der Waals surface area contributed by atoms with Gasteiger partial charge in [0.2, 0.25) is 0 Å². The van der Waals surface area contributed by atoms with E-state index < -0.39 is 6.03 Å². The van der Waals surface area contributed by atoms with Crippen molar-refractivity contribution in [1.29, 1.82) is 0 Å². The highest BCUT2D eigenvalue weighted by Crippen LogP contribution is 2.23. The van der Waals surface area contributed by atoms with E-state index in [1.165, 1.54) is 6.07 Å². The lowest BCUT2D eigenvalue weighted by Crippen LogP contribution is -2.19. The van der Waals surface area contributed by atoms with Crippen LogP contribution in [0.2, 0.25) is 0 Å². The largest absolute Gasteiger partial charge is 0.376 e. The Labute approximate surface area is 116 Å². The van der Waals surface area contributed by atoms with Crippen molar-refractivity contribution >= 4 is 17.4 Å². The summed E-state index contributed by atoms with van der Waals surface area (Å²) in [5.41, 5.74) is 7.04. The molecule has 0 spiro atoms. The van der Waals surface area contributed by atoms with Gasteiger partial charge in [-0.1, -0.05) is 24.3 Å². The van der Waals surface area contributed by atoms with Crippen LogP contribution >= 0.6 is 0 Å². The molecule has 4 nitrogen and oxygen atoms in total. The zero-order valence-corrected chi connectivity index (χ0v) is 11.1. The number of carbonyl (C=O) groups excluding carboxylic acids is 1. The lowest BCUT2D eigenvalue weighted by molar-refractivity contribution is 0.259. The van der Waals surface area contributed by atoms with E-state index in [9.17, 15) is 9.18 Å². The van der Waals surface area contributed by atoms with E-state index in [1.54, 1.807) is 36.4 Å². The number of benzene rings is 2. The Morgan fingerprint density at radius 3 is 2.65 bits per heavy atom. The zero-order valence-electron chi connectivity index (χ0n) is 11.1. The Morgan fingerprint density at radius 2 is 1.95 bits per heavy atom. The van der Waals surface area contributed by atoms with Crippen molar-refractivity contribution in [2.75, 3.05) is 10.6 Å². The summed E-state index contributed by atoms with van der Waals surface area (Å²) in [5, 5.41) is 5.60. The van der Waals surface area contributed by atoms with Gasteiger partial charge in [-0.15, -0.1) is 0 Å². The number of primary amides is 1. The molecule has 0 bridgehead atoms. The predicted molar refractivity (Wildman–Crippen MR) is 78.1 cm³/mol. The van der Waals surface area contributed by atoms with E-state index >= 15 is 0 Å². The SMILES string of the molecule is CC(Nc1ccccc1F)c1cccc(NC(N)=O)c1. The molecule has 0 heterocycles. The van der Waals surface area contributed by atoms with E-state index in [0.717, 1.165) is 5.56 Å². The number of rotatable bonds is 4. The summed E-state index contributed by atoms with van der Waals surface area (Å²) in [4.78, 5) is 10.8. The molecule has 0 aliphatic heterocycles. The molecular weight excluding hydrogens is 257 g/mol. The zero-order chi connectivity index (χ0) is 14.5. The Kier molecular flexibility index (Phi) is 4.20. The second-order valence-corrected chi connectivity index (χ2v) is 4.46. The van der Waals surface area contributed by atoms with Gasteiger partial charge in [0.15, 0.2) is 0 Å². The first-order valence-electron chi connectivity index (χ1n) is 6.24. The smallest absolute Gasteiger partial charge is 0.316 e. The number of amides is 2. The first-order chi connectivity index (χ1) is 9.56. The number of para-hydroxylation sites is 1. The third-order valence-corrected chi connectivity index (χ3v) is 2.90. The summed E-state index contributed by atoms with van der Waals surface area (Å²) >= 11 is 0. The Bertz CT molecular complexity index is 616. The second kappa shape index (κ2) is 6.06. The van der Waals surface area contributed by atoms with Crippen molar-refractivity contribution in [3.63, 3.8) is 0 Å². The summed E-state index contributed by atoms with van der Waals surface area (Å²) in [5.74, 6) is -0.300. The van der Waals surface area contributed by atoms with Crippen LogP contribution in [0, 0.1) is 5.82 Å². The molecule has 2 aromatic rings. The van der Waals surface area contributed by atoms with Crippen molar-refractivity contribution in [1.82, 2.24) is 0 Å². The summed E-state index contributed by atoms with van der Waals surface area (Å²) in [6, 6.07) is 13.0. The van der Waals surface area contributed by atoms with Gasteiger partial charge in [0.05, 0.1) is 5.69 Å². The van der Waals surface area contributed by atoms with Gasteiger partial charge in [0.25, 0.3) is 0 Å². The van der Waals surface area contributed by atoms with Crippen molar-refractivity contribution < 1.29 is 9.18 Å². The summed E-state index contributed by atoms with van der Waals surface area (Å²) < 4.78 is 13.6. The minimum atomic E-state index is -0.614. The third kappa shape index (κ3) is 3.47. The lowest BCUT2D eigenvalue weighted by Gasteiger charge is -2.17. The van der Waals surface area contributed by atoms with Crippen LogP contribution in [0.3, 0.4) is 0 Å². The average Bonchev–Trinajstić information content (AvgIpc) is 2.41. The van der Waals surface area contributed by atoms with E-state index in [1.807, 2.05) is 13.0 Å². The monoisotopic (exact) mass is 273 g/mol. The third-order valence-electron chi connectivity index (χ3n) is 2.90. The number of halogens is 1. The van der Waals surface area contributed by atoms with E-state index in [4.69, 9.17) is 5.73 Å². The van der Waals surface area contributed by atoms with Gasteiger partial charge in [0, 0.05) is 11.7 Å². The van der Waals surface area contributed by atoms with Gasteiger partial charge in [-0.25, -0.2) is 9.18 Å². The summed E-state index contributed by atoms with van der Waals surface area (Å²) in [6.07, 6.45) is 0. The molecule has 5 heteroatoms. The molecule has 2 amide bonds. The molecule has 0 aromatic heterocycles. The number of nitrogens with one attached hydrogen (secondary N) is 2. The molecule has 0 aliphatic rings. The maximum absolute atomic E-state index is 13.6. The molecule has 2 aromatic carbocycles. The van der Waals surface area contributed by atoms with Gasteiger partial charge in [-0.05, 0) is 36.8 Å². The molecular formula is C15H16FN3O. The highest BCUT2D eigenvalue weighted by atomic mass is 19.1. The second-order valence-electron chi connectivity index (χ2n) is 4.46. The first-order valence-corrected chi connectivity index (χ1v) is 6.24. The lowest BCUT2D eigenvalue weighted by atomic mass is 10.1. The predicted octanol–water partition coefficient (Wildman–Crippen LogP) is 3.49. The van der Waals surface area contributed by atoms with Gasteiger partial charge in [-0.3, -0.25) is 0 Å². The van der Waals surface area contributed by atoms with Crippen LogP contribution in [0.1, 0.15) is 18.5 Å². The average molecular weight is 273 g/mol. The number of hydrogen-bond donors (Lipinski definition) is 3. The van der Waals surface area contributed by atoms with Gasteiger partial charge < -0.3 is 16.4 Å². The Balaban J connectivity index is 2.15. The van der Waals surface area contributed by atoms with Crippen molar-refractivity contribution in [2.45, 2.75) is 13.0 Å². The molecule has 0 radical (unpaired) electrons. The van der Waals surface area contributed by atoms with Crippen LogP contribution in [0.4, 0.5) is 20.6 Å². The van der Waals surface area contributed by atoms with Gasteiger partial charge >= 0.3 is 6.03 Å². The van der Waals surface area contributed by atoms with E-state index in [0.29, 0.717) is 11.4 Å². The van der Waals surface area contributed by atoms with Gasteiger partial charge in [0.1, 0.15) is 5.82 Å². The summed E-state index contributed by atoms with van der Waals surface area (Å²) in [7, 11) is 0. The molecule has 104 valence electrons. The fourth-order valence-corrected chi connectivity index (χ4v) is 1.92. The van der Waals surface area contributed by atoms with Crippen molar-refractivity contribution in [3.8, 4) is 0 Å². The fraction of sp³-hybridized carbons (Fsp3) is 0.133. The van der Waals surface area contributed by atoms with E-state index in [-0.39, 0.29) is 11.9 Å². The van der Waals surface area contributed by atoms with E-state index in [2.05, 4.69) is 10.6 Å². The molecule has 0 saturated carbocycles. The Morgan fingerprint density at radius 1 is 1.20 bits per heavy atom. The topological polar surface area (TPSA) is 67.2 Å². The molecule has 20 heavy (non-hydrogen) atoms. The molecule has 0 aliphatic carbocycles. The van der Waals surface area contributed by atoms with Crippen LogP contribution in [0.25, 0.3) is 0 Å². The minimum absolute atomic E-state index is 0.110. The normalized spacial score (nSPS) is 11.7. The number of anilines is 2. The molecule has 4 N–H and O–H groups in total. The summed E-state index contributed by atoms with van der Waals surface area (Å²) in [6.45, 7) is 1.91. The quantitative estimate of drug-likeness (QED) is 0.798. The van der Waals surface area contributed by atoms with Crippen LogP contribution < -0.4 is 16.4 Å². The van der Waals surface area contributed by atoms with Crippen LogP contribution in [0.15, 0.2) is 48.5 Å². The molecule has 0 fully saturated rings. The number of carbonyl (C=O) groups is 1. The number of hydrogen-bond acceptors (Lipinski definition) is 2. The van der Waals surface area contributed by atoms with Crippen LogP contribution in [0.5, 0.6) is 0 Å². The van der Waals surface area contributed by atoms with Crippen LogP contribution in [-0.2, 0) is 0 Å². The highest BCUT2D eigenvalue weighted by Gasteiger charge is 2.09. The maximum Gasteiger partial charge on any atom is 0.316 e. The molecule has 1 atom stereocenters. The fourth-order valence-electron chi connectivity index (χ4n) is 1.92. The standard InChI is InChI=1S/C15H16FN3O/c1-10(18-14-8-3-2-7-13(14)16)11-5-4-6-12(9-11)19-15(17)20/h2-10,18H,1H3,(H3,17,19,20). The number of urea groups is 1. The number of nitrogens with two attached hydrogens (primary N) is 1. The van der Waals surface area contributed by atoms with Gasteiger partial charge in [-0.2, -0.15) is 0 Å². The molecule has 2 rings (SSSR count). The van der Waals surface area contributed by atoms with Crippen LogP contribution in [-0.4, -0.2) is 6.03 Å². The van der Waals surface area contributed by atoms with Crippen molar-refractivity contribution in [3.05, 3.63) is 59.9 Å². The molecule has 1 unspecified atom stereocenters. The highest BCUT2D eigenvalue weighted by molar-refractivity contribution is 5.87. The first kappa shape index (κ1) is 13.9.